The van der Waals surface area contributed by atoms with Gasteiger partial charge < -0.3 is 10.6 Å². The first-order valence-corrected chi connectivity index (χ1v) is 6.14. The third kappa shape index (κ3) is 5.26. The minimum atomic E-state index is -2.09. The molecule has 1 aromatic rings. The minimum Gasteiger partial charge on any atom is -0.347 e. The van der Waals surface area contributed by atoms with Crippen LogP contribution in [0, 0.1) is 0 Å². The molecule has 0 saturated carbocycles. The molecule has 0 fully saturated rings. The zero-order valence-corrected chi connectivity index (χ0v) is 11.7. The normalized spacial score (nSPS) is 12.7. The molecule has 1 rings (SSSR count). The quantitative estimate of drug-likeness (QED) is 0.839. The van der Waals surface area contributed by atoms with Crippen molar-refractivity contribution >= 4 is 29.1 Å². The van der Waals surface area contributed by atoms with Gasteiger partial charge in [-0.15, -0.1) is 0 Å². The molecule has 0 bridgehead atoms. The fourth-order valence-corrected chi connectivity index (χ4v) is 1.37. The Balaban J connectivity index is 2.71. The Bertz CT molecular complexity index is 467. The Kier molecular flexibility index (Phi) is 4.89. The Morgan fingerprint density at radius 2 is 1.74 bits per heavy atom. The van der Waals surface area contributed by atoms with Crippen LogP contribution in [0.5, 0.6) is 0 Å². The van der Waals surface area contributed by atoms with Gasteiger partial charge in [-0.1, -0.05) is 11.6 Å². The van der Waals surface area contributed by atoms with E-state index >= 15 is 0 Å². The number of alkyl halides is 2. The number of benzene rings is 1. The van der Waals surface area contributed by atoms with E-state index in [1.807, 2.05) is 20.8 Å². The van der Waals surface area contributed by atoms with Crippen molar-refractivity contribution in [1.29, 1.82) is 0 Å². The molecule has 1 atom stereocenters. The molecule has 104 valence electrons. The smallest absolute Gasteiger partial charge is 0.274 e. The summed E-state index contributed by atoms with van der Waals surface area (Å²) in [6, 6.07) is 6.10. The summed E-state index contributed by atoms with van der Waals surface area (Å²) in [6.07, 6.45) is 0. The molecule has 0 aromatic heterocycles. The number of anilines is 1. The van der Waals surface area contributed by atoms with Crippen LogP contribution >= 0.6 is 11.6 Å². The van der Waals surface area contributed by atoms with Crippen molar-refractivity contribution in [3.05, 3.63) is 29.8 Å². The van der Waals surface area contributed by atoms with Gasteiger partial charge in [-0.25, -0.2) is 4.39 Å². The van der Waals surface area contributed by atoms with Gasteiger partial charge in [0.2, 0.25) is 0 Å². The predicted octanol–water partition coefficient (Wildman–Crippen LogP) is 2.69. The number of rotatable bonds is 3. The summed E-state index contributed by atoms with van der Waals surface area (Å²) in [4.78, 5) is 22.8. The first kappa shape index (κ1) is 15.4. The number of hydrogen-bond donors (Lipinski definition) is 2. The molecule has 1 aromatic carbocycles. The highest BCUT2D eigenvalue weighted by molar-refractivity contribution is 6.31. The van der Waals surface area contributed by atoms with E-state index in [0.29, 0.717) is 11.3 Å². The maximum atomic E-state index is 12.5. The van der Waals surface area contributed by atoms with E-state index in [9.17, 15) is 14.0 Å². The zero-order valence-electron chi connectivity index (χ0n) is 11.0. The molecule has 2 amide bonds. The van der Waals surface area contributed by atoms with E-state index in [-0.39, 0.29) is 11.4 Å². The largest absolute Gasteiger partial charge is 0.347 e. The number of carbonyl (C=O) groups is 2. The highest BCUT2D eigenvalue weighted by Crippen LogP contribution is 2.12. The van der Waals surface area contributed by atoms with Crippen LogP contribution < -0.4 is 10.6 Å². The second-order valence-electron chi connectivity index (χ2n) is 5.07. The molecule has 0 aliphatic rings. The first-order chi connectivity index (χ1) is 8.69. The Morgan fingerprint density at radius 3 is 2.16 bits per heavy atom. The second-order valence-corrected chi connectivity index (χ2v) is 5.45. The lowest BCUT2D eigenvalue weighted by Crippen LogP contribution is -2.40. The van der Waals surface area contributed by atoms with Gasteiger partial charge in [-0.05, 0) is 45.0 Å². The standard InChI is InChI=1S/C13H16ClFN2O2/c1-13(2,3)17-11(18)8-4-6-9(7-5-8)16-12(19)10(14)15/h4-7,10H,1-3H3,(H,16,19)(H,17,18). The molecule has 0 spiro atoms. The fraction of sp³-hybridized carbons (Fsp3) is 0.385. The summed E-state index contributed by atoms with van der Waals surface area (Å²) in [7, 11) is 0. The third-order valence-electron chi connectivity index (χ3n) is 2.10. The lowest BCUT2D eigenvalue weighted by molar-refractivity contribution is -0.118. The number of halogens is 2. The number of carbonyl (C=O) groups excluding carboxylic acids is 2. The minimum absolute atomic E-state index is 0.217. The van der Waals surface area contributed by atoms with Crippen molar-refractivity contribution in [2.24, 2.45) is 0 Å². The molecule has 19 heavy (non-hydrogen) atoms. The Labute approximate surface area is 116 Å². The molecule has 4 nitrogen and oxygen atoms in total. The number of nitrogens with one attached hydrogen (secondary N) is 2. The predicted molar refractivity (Wildman–Crippen MR) is 73.0 cm³/mol. The van der Waals surface area contributed by atoms with E-state index in [0.717, 1.165) is 0 Å². The molecule has 6 heteroatoms. The van der Waals surface area contributed by atoms with Crippen LogP contribution in [0.15, 0.2) is 24.3 Å². The lowest BCUT2D eigenvalue weighted by Gasteiger charge is -2.20. The third-order valence-corrected chi connectivity index (χ3v) is 2.30. The Hall–Kier alpha value is -1.62. The van der Waals surface area contributed by atoms with E-state index in [1.54, 1.807) is 0 Å². The van der Waals surface area contributed by atoms with Gasteiger partial charge in [-0.2, -0.15) is 0 Å². The summed E-state index contributed by atoms with van der Waals surface area (Å²) >= 11 is 4.99. The molecule has 0 aliphatic heterocycles. The van der Waals surface area contributed by atoms with Crippen LogP contribution in [0.3, 0.4) is 0 Å². The van der Waals surface area contributed by atoms with E-state index in [2.05, 4.69) is 10.6 Å². The van der Waals surface area contributed by atoms with Gasteiger partial charge >= 0.3 is 0 Å². The van der Waals surface area contributed by atoms with E-state index in [4.69, 9.17) is 11.6 Å². The van der Waals surface area contributed by atoms with Crippen LogP contribution in [0.4, 0.5) is 10.1 Å². The Morgan fingerprint density at radius 1 is 1.21 bits per heavy atom. The van der Waals surface area contributed by atoms with Crippen molar-refractivity contribution < 1.29 is 14.0 Å². The zero-order chi connectivity index (χ0) is 14.6. The molecule has 0 saturated heterocycles. The molecular formula is C13H16ClFN2O2. The summed E-state index contributed by atoms with van der Waals surface area (Å²) in [5.41, 5.74) is -1.59. The van der Waals surface area contributed by atoms with Crippen molar-refractivity contribution in [2.45, 2.75) is 31.9 Å². The fourth-order valence-electron chi connectivity index (χ4n) is 1.31. The van der Waals surface area contributed by atoms with Crippen LogP contribution in [0.25, 0.3) is 0 Å². The van der Waals surface area contributed by atoms with Gasteiger partial charge in [0, 0.05) is 16.8 Å². The molecule has 1 unspecified atom stereocenters. The molecule has 0 radical (unpaired) electrons. The van der Waals surface area contributed by atoms with Crippen molar-refractivity contribution in [3.8, 4) is 0 Å². The average molecular weight is 287 g/mol. The summed E-state index contributed by atoms with van der Waals surface area (Å²) in [6.45, 7) is 5.63. The van der Waals surface area contributed by atoms with Gasteiger partial charge in [0.05, 0.1) is 0 Å². The van der Waals surface area contributed by atoms with Gasteiger partial charge in [-0.3, -0.25) is 9.59 Å². The molecule has 0 aliphatic carbocycles. The maximum absolute atomic E-state index is 12.5. The van der Waals surface area contributed by atoms with Crippen LogP contribution in [-0.2, 0) is 4.79 Å². The maximum Gasteiger partial charge on any atom is 0.274 e. The van der Waals surface area contributed by atoms with Crippen LogP contribution in [0.1, 0.15) is 31.1 Å². The van der Waals surface area contributed by atoms with E-state index < -0.39 is 11.5 Å². The first-order valence-electron chi connectivity index (χ1n) is 5.70. The van der Waals surface area contributed by atoms with Crippen LogP contribution in [-0.4, -0.2) is 23.0 Å². The second kappa shape index (κ2) is 6.02. The summed E-state index contributed by atoms with van der Waals surface area (Å²) < 4.78 is 12.5. The van der Waals surface area contributed by atoms with E-state index in [1.165, 1.54) is 24.3 Å². The monoisotopic (exact) mass is 286 g/mol. The number of amides is 2. The average Bonchev–Trinajstić information content (AvgIpc) is 2.27. The summed E-state index contributed by atoms with van der Waals surface area (Å²) in [5.74, 6) is -1.15. The lowest BCUT2D eigenvalue weighted by atomic mass is 10.1. The summed E-state index contributed by atoms with van der Waals surface area (Å²) in [5, 5.41) is 5.08. The van der Waals surface area contributed by atoms with Crippen molar-refractivity contribution in [2.75, 3.05) is 5.32 Å². The SMILES string of the molecule is CC(C)(C)NC(=O)c1ccc(NC(=O)C(F)Cl)cc1. The molecule has 2 N–H and O–H groups in total. The molecular weight excluding hydrogens is 271 g/mol. The van der Waals surface area contributed by atoms with Crippen LogP contribution in [0.2, 0.25) is 0 Å². The van der Waals surface area contributed by atoms with Crippen molar-refractivity contribution in [1.82, 2.24) is 5.32 Å². The highest BCUT2D eigenvalue weighted by atomic mass is 35.5. The topological polar surface area (TPSA) is 58.2 Å². The van der Waals surface area contributed by atoms with Gasteiger partial charge in [0.25, 0.3) is 17.4 Å². The molecule has 0 heterocycles. The van der Waals surface area contributed by atoms with Gasteiger partial charge in [0.15, 0.2) is 0 Å². The number of hydrogen-bond acceptors (Lipinski definition) is 2. The van der Waals surface area contributed by atoms with Gasteiger partial charge in [0.1, 0.15) is 0 Å². The van der Waals surface area contributed by atoms with Crippen molar-refractivity contribution in [3.63, 3.8) is 0 Å². The highest BCUT2D eigenvalue weighted by Gasteiger charge is 2.16.